The lowest BCUT2D eigenvalue weighted by Crippen LogP contribution is -2.39. The molecule has 3 heteroatoms. The first-order valence-electron chi connectivity index (χ1n) is 6.80. The minimum absolute atomic E-state index is 0.0230. The van der Waals surface area contributed by atoms with E-state index in [-0.39, 0.29) is 11.7 Å². The van der Waals surface area contributed by atoms with Crippen molar-refractivity contribution in [2.75, 3.05) is 13.1 Å². The average molecular weight is 261 g/mol. The summed E-state index contributed by atoms with van der Waals surface area (Å²) in [6, 6.07) is 6.52. The van der Waals surface area contributed by atoms with E-state index in [2.05, 4.69) is 6.92 Å². The number of rotatable bonds is 2. The summed E-state index contributed by atoms with van der Waals surface area (Å²) >= 11 is 0. The van der Waals surface area contributed by atoms with E-state index in [4.69, 9.17) is 0 Å². The SMILES string of the molecule is C/C(=C\c1ccccc1F)C(=O)N1CCCC(C)C1. The van der Waals surface area contributed by atoms with Crippen molar-refractivity contribution in [3.05, 3.63) is 41.2 Å². The highest BCUT2D eigenvalue weighted by Gasteiger charge is 2.21. The van der Waals surface area contributed by atoms with Crippen LogP contribution in [-0.4, -0.2) is 23.9 Å². The molecule has 0 bridgehead atoms. The Labute approximate surface area is 113 Å². The van der Waals surface area contributed by atoms with Crippen LogP contribution in [0.1, 0.15) is 32.3 Å². The Morgan fingerprint density at radius 2 is 2.16 bits per heavy atom. The quantitative estimate of drug-likeness (QED) is 0.746. The molecule has 1 unspecified atom stereocenters. The van der Waals surface area contributed by atoms with E-state index in [1.807, 2.05) is 4.90 Å². The third-order valence-corrected chi connectivity index (χ3v) is 3.56. The molecule has 0 aliphatic carbocycles. The van der Waals surface area contributed by atoms with Crippen molar-refractivity contribution < 1.29 is 9.18 Å². The third-order valence-electron chi connectivity index (χ3n) is 3.56. The number of likely N-dealkylation sites (tertiary alicyclic amines) is 1. The van der Waals surface area contributed by atoms with Gasteiger partial charge >= 0.3 is 0 Å². The molecule has 0 radical (unpaired) electrons. The maximum absolute atomic E-state index is 13.5. The van der Waals surface area contributed by atoms with E-state index in [9.17, 15) is 9.18 Å². The number of benzene rings is 1. The van der Waals surface area contributed by atoms with Gasteiger partial charge in [-0.3, -0.25) is 4.79 Å². The van der Waals surface area contributed by atoms with E-state index >= 15 is 0 Å². The van der Waals surface area contributed by atoms with E-state index in [0.29, 0.717) is 17.1 Å². The van der Waals surface area contributed by atoms with E-state index in [1.165, 1.54) is 12.5 Å². The maximum atomic E-state index is 13.5. The van der Waals surface area contributed by atoms with Gasteiger partial charge in [0.15, 0.2) is 0 Å². The Bertz CT molecular complexity index is 495. The lowest BCUT2D eigenvalue weighted by Gasteiger charge is -2.31. The molecule has 1 aliphatic heterocycles. The summed E-state index contributed by atoms with van der Waals surface area (Å²) in [6.07, 6.45) is 3.87. The molecule has 0 spiro atoms. The Morgan fingerprint density at radius 3 is 2.84 bits per heavy atom. The molecule has 1 aromatic rings. The zero-order valence-corrected chi connectivity index (χ0v) is 11.5. The zero-order chi connectivity index (χ0) is 13.8. The number of carbonyl (C=O) groups is 1. The number of hydrogen-bond donors (Lipinski definition) is 0. The van der Waals surface area contributed by atoms with Gasteiger partial charge in [0.25, 0.3) is 0 Å². The Morgan fingerprint density at radius 1 is 1.42 bits per heavy atom. The van der Waals surface area contributed by atoms with Gasteiger partial charge in [-0.2, -0.15) is 0 Å². The van der Waals surface area contributed by atoms with E-state index < -0.39 is 0 Å². The third kappa shape index (κ3) is 3.43. The molecular weight excluding hydrogens is 241 g/mol. The predicted molar refractivity (Wildman–Crippen MR) is 75.0 cm³/mol. The molecule has 102 valence electrons. The molecule has 1 aliphatic rings. The summed E-state index contributed by atoms with van der Waals surface area (Å²) in [5.74, 6) is 0.287. The summed E-state index contributed by atoms with van der Waals surface area (Å²) in [4.78, 5) is 14.2. The van der Waals surface area contributed by atoms with Gasteiger partial charge in [0.1, 0.15) is 5.82 Å². The van der Waals surface area contributed by atoms with Crippen molar-refractivity contribution in [3.8, 4) is 0 Å². The maximum Gasteiger partial charge on any atom is 0.249 e. The average Bonchev–Trinajstić information content (AvgIpc) is 2.40. The van der Waals surface area contributed by atoms with Gasteiger partial charge in [-0.15, -0.1) is 0 Å². The van der Waals surface area contributed by atoms with Crippen molar-refractivity contribution in [2.24, 2.45) is 5.92 Å². The fourth-order valence-electron chi connectivity index (χ4n) is 2.51. The molecule has 1 fully saturated rings. The second-order valence-corrected chi connectivity index (χ2v) is 5.35. The highest BCUT2D eigenvalue weighted by atomic mass is 19.1. The van der Waals surface area contributed by atoms with Crippen molar-refractivity contribution >= 4 is 12.0 Å². The molecule has 2 nitrogen and oxygen atoms in total. The Hall–Kier alpha value is -1.64. The smallest absolute Gasteiger partial charge is 0.249 e. The first-order chi connectivity index (χ1) is 9.08. The van der Waals surface area contributed by atoms with Gasteiger partial charge in [0.2, 0.25) is 5.91 Å². The minimum atomic E-state index is -0.290. The number of nitrogens with zero attached hydrogens (tertiary/aromatic N) is 1. The van der Waals surface area contributed by atoms with E-state index in [1.54, 1.807) is 31.2 Å². The van der Waals surface area contributed by atoms with Crippen LogP contribution >= 0.6 is 0 Å². The van der Waals surface area contributed by atoms with Gasteiger partial charge < -0.3 is 4.90 Å². The van der Waals surface area contributed by atoms with Crippen LogP contribution in [0.15, 0.2) is 29.8 Å². The summed E-state index contributed by atoms with van der Waals surface area (Å²) < 4.78 is 13.5. The van der Waals surface area contributed by atoms with Crippen LogP contribution in [0.4, 0.5) is 4.39 Å². The summed E-state index contributed by atoms with van der Waals surface area (Å²) in [7, 11) is 0. The van der Waals surface area contributed by atoms with Crippen molar-refractivity contribution in [1.82, 2.24) is 4.90 Å². The number of amides is 1. The largest absolute Gasteiger partial charge is 0.339 e. The lowest BCUT2D eigenvalue weighted by atomic mass is 9.99. The van der Waals surface area contributed by atoms with Crippen LogP contribution in [0.5, 0.6) is 0 Å². The molecule has 1 heterocycles. The fraction of sp³-hybridized carbons (Fsp3) is 0.438. The Balaban J connectivity index is 2.12. The predicted octanol–water partition coefficient (Wildman–Crippen LogP) is 3.49. The molecule has 1 aromatic carbocycles. The monoisotopic (exact) mass is 261 g/mol. The van der Waals surface area contributed by atoms with Gasteiger partial charge in [0, 0.05) is 24.2 Å². The second kappa shape index (κ2) is 6.00. The fourth-order valence-corrected chi connectivity index (χ4v) is 2.51. The molecule has 0 aromatic heterocycles. The Kier molecular flexibility index (Phi) is 4.35. The number of hydrogen-bond acceptors (Lipinski definition) is 1. The van der Waals surface area contributed by atoms with Crippen LogP contribution in [0.2, 0.25) is 0 Å². The first kappa shape index (κ1) is 13.8. The first-order valence-corrected chi connectivity index (χ1v) is 6.80. The number of halogens is 1. The molecule has 1 saturated heterocycles. The molecular formula is C16H20FNO. The normalized spacial score (nSPS) is 20.5. The van der Waals surface area contributed by atoms with Gasteiger partial charge in [-0.1, -0.05) is 25.1 Å². The molecule has 2 rings (SSSR count). The summed E-state index contributed by atoms with van der Waals surface area (Å²) in [5, 5.41) is 0. The molecule has 19 heavy (non-hydrogen) atoms. The van der Waals surface area contributed by atoms with Crippen LogP contribution in [0.25, 0.3) is 6.08 Å². The van der Waals surface area contributed by atoms with Crippen LogP contribution in [0, 0.1) is 11.7 Å². The second-order valence-electron chi connectivity index (χ2n) is 5.35. The highest BCUT2D eigenvalue weighted by Crippen LogP contribution is 2.19. The minimum Gasteiger partial charge on any atom is -0.339 e. The molecule has 1 atom stereocenters. The standard InChI is InChI=1S/C16H20FNO/c1-12-6-5-9-18(11-12)16(19)13(2)10-14-7-3-4-8-15(14)17/h3-4,7-8,10,12H,5-6,9,11H2,1-2H3/b13-10+. The van der Waals surface area contributed by atoms with Gasteiger partial charge in [0.05, 0.1) is 0 Å². The zero-order valence-electron chi connectivity index (χ0n) is 11.5. The van der Waals surface area contributed by atoms with Crippen molar-refractivity contribution in [3.63, 3.8) is 0 Å². The van der Waals surface area contributed by atoms with Crippen molar-refractivity contribution in [2.45, 2.75) is 26.7 Å². The van der Waals surface area contributed by atoms with Crippen LogP contribution < -0.4 is 0 Å². The van der Waals surface area contributed by atoms with Crippen LogP contribution in [-0.2, 0) is 4.79 Å². The number of piperidine rings is 1. The summed E-state index contributed by atoms with van der Waals surface area (Å²) in [6.45, 7) is 5.54. The number of carbonyl (C=O) groups excluding carboxylic acids is 1. The summed E-state index contributed by atoms with van der Waals surface area (Å²) in [5.41, 5.74) is 1.07. The lowest BCUT2D eigenvalue weighted by molar-refractivity contribution is -0.128. The van der Waals surface area contributed by atoms with Crippen LogP contribution in [0.3, 0.4) is 0 Å². The van der Waals surface area contributed by atoms with Crippen molar-refractivity contribution in [1.29, 1.82) is 0 Å². The molecule has 1 amide bonds. The topological polar surface area (TPSA) is 20.3 Å². The molecule has 0 N–H and O–H groups in total. The highest BCUT2D eigenvalue weighted by molar-refractivity contribution is 5.97. The van der Waals surface area contributed by atoms with Gasteiger partial charge in [-0.05, 0) is 37.8 Å². The van der Waals surface area contributed by atoms with E-state index in [0.717, 1.165) is 19.5 Å². The van der Waals surface area contributed by atoms with Gasteiger partial charge in [-0.25, -0.2) is 4.39 Å². The molecule has 0 saturated carbocycles.